The molecule has 10 heteroatoms. The van der Waals surface area contributed by atoms with Crippen LogP contribution in [0.15, 0.2) is 38.0 Å². The van der Waals surface area contributed by atoms with Gasteiger partial charge in [-0.25, -0.2) is 4.79 Å². The van der Waals surface area contributed by atoms with E-state index in [9.17, 15) is 14.4 Å². The molecule has 2 aromatic heterocycles. The van der Waals surface area contributed by atoms with Crippen LogP contribution in [0.1, 0.15) is 26.0 Å². The number of anilines is 1. The van der Waals surface area contributed by atoms with Crippen molar-refractivity contribution in [2.45, 2.75) is 30.4 Å². The van der Waals surface area contributed by atoms with Gasteiger partial charge in [-0.3, -0.25) is 9.59 Å². The predicted molar refractivity (Wildman–Crippen MR) is 93.8 cm³/mol. The Bertz CT molecular complexity index is 844. The van der Waals surface area contributed by atoms with Gasteiger partial charge < -0.3 is 14.5 Å². The summed E-state index contributed by atoms with van der Waals surface area (Å²) in [6, 6.07) is 1.26. The molecule has 0 unspecified atom stereocenters. The van der Waals surface area contributed by atoms with Crippen LogP contribution in [-0.2, 0) is 15.3 Å². The maximum Gasteiger partial charge on any atom is 0.336 e. The molecule has 0 saturated heterocycles. The summed E-state index contributed by atoms with van der Waals surface area (Å²) in [7, 11) is 0. The highest BCUT2D eigenvalue weighted by molar-refractivity contribution is 8.00. The van der Waals surface area contributed by atoms with Crippen LogP contribution in [0.2, 0.25) is 0 Å². The van der Waals surface area contributed by atoms with E-state index in [1.54, 1.807) is 13.8 Å². The quantitative estimate of drug-likeness (QED) is 0.337. The van der Waals surface area contributed by atoms with Gasteiger partial charge in [-0.2, -0.15) is 0 Å². The Morgan fingerprint density at radius 3 is 2.92 bits per heavy atom. The number of rotatable bonds is 7. The number of hydrogen-bond donors (Lipinski definition) is 1. The Hall–Kier alpha value is -2.46. The Kier molecular flexibility index (Phi) is 6.90. The Morgan fingerprint density at radius 2 is 2.24 bits per heavy atom. The summed E-state index contributed by atoms with van der Waals surface area (Å²) in [5.41, 5.74) is -0.451. The van der Waals surface area contributed by atoms with Crippen molar-refractivity contribution < 1.29 is 18.7 Å². The highest BCUT2D eigenvalue weighted by Crippen LogP contribution is 2.28. The van der Waals surface area contributed by atoms with Crippen molar-refractivity contribution in [3.05, 3.63) is 40.5 Å². The molecule has 0 saturated carbocycles. The third-order valence-electron chi connectivity index (χ3n) is 2.68. The van der Waals surface area contributed by atoms with Crippen LogP contribution >= 0.6 is 23.1 Å². The SMILES string of the molecule is C/C=C/C(=O)Oc1coc(CSc2nnc(NC(=O)CC)s2)cc1=O. The second-order valence-corrected chi connectivity index (χ2v) is 6.76. The molecule has 0 fully saturated rings. The number of allylic oxidation sites excluding steroid dienone is 1. The lowest BCUT2D eigenvalue weighted by molar-refractivity contribution is -0.129. The normalized spacial score (nSPS) is 10.8. The van der Waals surface area contributed by atoms with E-state index < -0.39 is 11.4 Å². The molecular weight excluding hydrogens is 366 g/mol. The molecule has 0 aliphatic rings. The van der Waals surface area contributed by atoms with Gasteiger partial charge in [0.25, 0.3) is 0 Å². The summed E-state index contributed by atoms with van der Waals surface area (Å²) in [4.78, 5) is 34.5. The van der Waals surface area contributed by atoms with Gasteiger partial charge >= 0.3 is 5.97 Å². The first-order chi connectivity index (χ1) is 12.0. The molecule has 0 radical (unpaired) electrons. The second kappa shape index (κ2) is 9.14. The van der Waals surface area contributed by atoms with Crippen molar-refractivity contribution >= 4 is 40.1 Å². The van der Waals surface area contributed by atoms with Gasteiger partial charge in [0, 0.05) is 18.6 Å². The molecule has 0 bridgehead atoms. The smallest absolute Gasteiger partial charge is 0.336 e. The van der Waals surface area contributed by atoms with E-state index in [-0.39, 0.29) is 11.7 Å². The first-order valence-electron chi connectivity index (χ1n) is 7.24. The summed E-state index contributed by atoms with van der Waals surface area (Å²) in [5, 5.41) is 10.8. The zero-order chi connectivity index (χ0) is 18.2. The van der Waals surface area contributed by atoms with Crippen LogP contribution in [0.4, 0.5) is 5.13 Å². The number of thioether (sulfide) groups is 1. The maximum atomic E-state index is 11.9. The van der Waals surface area contributed by atoms with Gasteiger partial charge in [-0.15, -0.1) is 10.2 Å². The summed E-state index contributed by atoms with van der Waals surface area (Å²) in [6.07, 6.45) is 4.17. The highest BCUT2D eigenvalue weighted by Gasteiger charge is 2.11. The number of aromatic nitrogens is 2. The van der Waals surface area contributed by atoms with Gasteiger partial charge in [0.15, 0.2) is 4.34 Å². The van der Waals surface area contributed by atoms with E-state index in [2.05, 4.69) is 15.5 Å². The summed E-state index contributed by atoms with van der Waals surface area (Å²) >= 11 is 2.54. The number of nitrogens with zero attached hydrogens (tertiary/aromatic N) is 2. The molecule has 0 aromatic carbocycles. The van der Waals surface area contributed by atoms with Crippen LogP contribution in [0.3, 0.4) is 0 Å². The van der Waals surface area contributed by atoms with Gasteiger partial charge in [0.2, 0.25) is 22.2 Å². The molecule has 1 N–H and O–H groups in total. The number of carbonyl (C=O) groups is 2. The van der Waals surface area contributed by atoms with Crippen LogP contribution in [0.5, 0.6) is 5.75 Å². The third-order valence-corrected chi connectivity index (χ3v) is 4.67. The molecule has 25 heavy (non-hydrogen) atoms. The van der Waals surface area contributed by atoms with E-state index in [0.29, 0.717) is 27.4 Å². The van der Waals surface area contributed by atoms with E-state index in [4.69, 9.17) is 9.15 Å². The Balaban J connectivity index is 1.95. The van der Waals surface area contributed by atoms with Crippen molar-refractivity contribution in [2.75, 3.05) is 5.32 Å². The summed E-state index contributed by atoms with van der Waals surface area (Å²) in [5.74, 6) is -0.212. The molecule has 2 rings (SSSR count). The second-order valence-electron chi connectivity index (χ2n) is 4.56. The fourth-order valence-electron chi connectivity index (χ4n) is 1.53. The fourth-order valence-corrected chi connectivity index (χ4v) is 3.18. The average Bonchev–Trinajstić information content (AvgIpc) is 3.02. The third kappa shape index (κ3) is 5.84. The van der Waals surface area contributed by atoms with Crippen molar-refractivity contribution in [3.63, 3.8) is 0 Å². The zero-order valence-electron chi connectivity index (χ0n) is 13.5. The van der Waals surface area contributed by atoms with E-state index in [0.717, 1.165) is 6.26 Å². The number of ether oxygens (including phenoxy) is 1. The van der Waals surface area contributed by atoms with Crippen molar-refractivity contribution in [3.8, 4) is 5.75 Å². The monoisotopic (exact) mass is 381 g/mol. The standard InChI is InChI=1S/C15H15N3O5S2/c1-3-5-13(21)23-11-7-22-9(6-10(11)19)8-24-15-18-17-14(25-15)16-12(20)4-2/h3,5-7H,4,8H2,1-2H3,(H,16,17,20)/b5-3+. The molecule has 0 aliphatic carbocycles. The molecule has 132 valence electrons. The van der Waals surface area contributed by atoms with Crippen LogP contribution < -0.4 is 15.5 Å². The number of amides is 1. The molecule has 0 spiro atoms. The first-order valence-corrected chi connectivity index (χ1v) is 9.04. The summed E-state index contributed by atoms with van der Waals surface area (Å²) < 4.78 is 10.8. The summed E-state index contributed by atoms with van der Waals surface area (Å²) in [6.45, 7) is 3.41. The molecule has 2 heterocycles. The van der Waals surface area contributed by atoms with E-state index >= 15 is 0 Å². The zero-order valence-corrected chi connectivity index (χ0v) is 15.1. The average molecular weight is 381 g/mol. The highest BCUT2D eigenvalue weighted by atomic mass is 32.2. The number of nitrogens with one attached hydrogen (secondary N) is 1. The minimum Gasteiger partial charge on any atom is -0.464 e. The lowest BCUT2D eigenvalue weighted by atomic mass is 10.4. The number of hydrogen-bond acceptors (Lipinski definition) is 9. The van der Waals surface area contributed by atoms with Crippen LogP contribution in [0.25, 0.3) is 0 Å². The minimum absolute atomic E-state index is 0.137. The minimum atomic E-state index is -0.646. The van der Waals surface area contributed by atoms with Crippen molar-refractivity contribution in [1.29, 1.82) is 0 Å². The van der Waals surface area contributed by atoms with Gasteiger partial charge in [-0.05, 0) is 6.92 Å². The first kappa shape index (κ1) is 18.9. The molecule has 0 aliphatic heterocycles. The molecule has 0 atom stereocenters. The molecule has 1 amide bonds. The van der Waals surface area contributed by atoms with Gasteiger partial charge in [-0.1, -0.05) is 36.1 Å². The van der Waals surface area contributed by atoms with E-state index in [1.807, 2.05) is 0 Å². The van der Waals surface area contributed by atoms with Gasteiger partial charge in [0.05, 0.1) is 5.75 Å². The maximum absolute atomic E-state index is 11.9. The topological polar surface area (TPSA) is 111 Å². The molecule has 8 nitrogen and oxygen atoms in total. The largest absolute Gasteiger partial charge is 0.464 e. The Morgan fingerprint density at radius 1 is 1.44 bits per heavy atom. The lowest BCUT2D eigenvalue weighted by Gasteiger charge is -2.01. The lowest BCUT2D eigenvalue weighted by Crippen LogP contribution is -2.12. The van der Waals surface area contributed by atoms with Gasteiger partial charge in [0.1, 0.15) is 12.0 Å². The van der Waals surface area contributed by atoms with Crippen LogP contribution in [-0.4, -0.2) is 22.1 Å². The van der Waals surface area contributed by atoms with Crippen molar-refractivity contribution in [2.24, 2.45) is 0 Å². The number of esters is 1. The Labute approximate surface area is 151 Å². The van der Waals surface area contributed by atoms with E-state index in [1.165, 1.54) is 41.3 Å². The predicted octanol–water partition coefficient (Wildman–Crippen LogP) is 2.61. The van der Waals surface area contributed by atoms with Crippen LogP contribution in [0, 0.1) is 0 Å². The number of carbonyl (C=O) groups excluding carboxylic acids is 2. The van der Waals surface area contributed by atoms with Crippen molar-refractivity contribution in [1.82, 2.24) is 10.2 Å². The fraction of sp³-hybridized carbons (Fsp3) is 0.267. The molecule has 2 aromatic rings. The molecular formula is C15H15N3O5S2.